The number of carboxylic acids is 1. The molecule has 56 heavy (non-hydrogen) atoms. The Kier molecular flexibility index (Phi) is 9.88. The van der Waals surface area contributed by atoms with Crippen LogP contribution in [0.4, 0.5) is 11.6 Å². The third kappa shape index (κ3) is 7.78. The van der Waals surface area contributed by atoms with Gasteiger partial charge >= 0.3 is 5.97 Å². The number of aliphatic carboxylic acids is 1. The Bertz CT molecular complexity index is 2730. The SMILES string of the molecule is Cc1nc(NC(C)c2cccc(OC(C(=O)O)c3cccc(C(C)Nc4cc(-c5ccc6ncsc6c5)nc(C)n4)c3)c2)cc(-c2ccc3ccn(C)c3c2)n1. The Morgan fingerprint density at radius 1 is 0.732 bits per heavy atom. The summed E-state index contributed by atoms with van der Waals surface area (Å²) in [5.41, 5.74) is 9.86. The number of benzene rings is 4. The van der Waals surface area contributed by atoms with E-state index < -0.39 is 12.1 Å². The molecule has 4 aromatic heterocycles. The van der Waals surface area contributed by atoms with Gasteiger partial charge in [-0.05, 0) is 86.7 Å². The first-order chi connectivity index (χ1) is 27.1. The molecule has 3 atom stereocenters. The van der Waals surface area contributed by atoms with E-state index >= 15 is 0 Å². The van der Waals surface area contributed by atoms with Crippen molar-refractivity contribution in [1.29, 1.82) is 0 Å². The molecule has 8 aromatic rings. The summed E-state index contributed by atoms with van der Waals surface area (Å²) in [5, 5.41) is 18.5. The molecule has 4 heterocycles. The van der Waals surface area contributed by atoms with Crippen molar-refractivity contribution in [2.75, 3.05) is 10.6 Å². The van der Waals surface area contributed by atoms with E-state index in [2.05, 4.69) is 65.5 Å². The van der Waals surface area contributed by atoms with Crippen molar-refractivity contribution in [2.24, 2.45) is 7.05 Å². The minimum atomic E-state index is -1.23. The van der Waals surface area contributed by atoms with E-state index in [-0.39, 0.29) is 12.1 Å². The number of anilines is 2. The van der Waals surface area contributed by atoms with Crippen LogP contribution in [0.25, 0.3) is 43.6 Å². The van der Waals surface area contributed by atoms with Gasteiger partial charge in [0.05, 0.1) is 33.2 Å². The number of nitrogens with zero attached hydrogens (tertiary/aromatic N) is 6. The number of fused-ring (bicyclic) bond motifs is 2. The first-order valence-corrected chi connectivity index (χ1v) is 19.2. The summed E-state index contributed by atoms with van der Waals surface area (Å²) in [5.74, 6) is 2.00. The maximum atomic E-state index is 12.7. The van der Waals surface area contributed by atoms with E-state index in [1.165, 1.54) is 5.39 Å². The van der Waals surface area contributed by atoms with Crippen LogP contribution in [-0.4, -0.2) is 40.6 Å². The molecule has 0 saturated heterocycles. The van der Waals surface area contributed by atoms with Gasteiger partial charge < -0.3 is 25.0 Å². The molecule has 0 fully saturated rings. The van der Waals surface area contributed by atoms with Crippen molar-refractivity contribution in [2.45, 2.75) is 45.9 Å². The lowest BCUT2D eigenvalue weighted by Gasteiger charge is -2.21. The molecule has 0 aliphatic rings. The van der Waals surface area contributed by atoms with Crippen LogP contribution in [0.3, 0.4) is 0 Å². The Balaban J connectivity index is 0.972. The largest absolute Gasteiger partial charge is 0.478 e. The first-order valence-electron chi connectivity index (χ1n) is 18.3. The van der Waals surface area contributed by atoms with Gasteiger partial charge in [-0.1, -0.05) is 48.5 Å². The standard InChI is InChI=1S/C44H40N8O3S/c1-25(46-42-23-38(49-28(4)51-42)33-14-15-36-40(21-33)56-24-45-36)30-8-6-10-34(18-30)43(44(53)54)55-35-11-7-9-31(19-35)26(2)47-41-22-37(48-27(3)50-41)32-13-12-29-16-17-52(5)39(29)20-32/h6-26,43H,1-5H3,(H,53,54)(H,46,49,51)(H,47,48,50). The van der Waals surface area contributed by atoms with Crippen LogP contribution in [0.1, 0.15) is 60.4 Å². The van der Waals surface area contributed by atoms with E-state index in [1.807, 2.05) is 107 Å². The molecule has 4 aromatic carbocycles. The van der Waals surface area contributed by atoms with Crippen molar-refractivity contribution in [1.82, 2.24) is 29.5 Å². The highest BCUT2D eigenvalue weighted by atomic mass is 32.1. The minimum Gasteiger partial charge on any atom is -0.478 e. The van der Waals surface area contributed by atoms with Crippen LogP contribution in [0.15, 0.2) is 115 Å². The van der Waals surface area contributed by atoms with Crippen LogP contribution in [0.5, 0.6) is 5.75 Å². The lowest BCUT2D eigenvalue weighted by molar-refractivity contribution is -0.145. The Hall–Kier alpha value is -6.66. The number of carboxylic acid groups (broad SMARTS) is 1. The summed E-state index contributed by atoms with van der Waals surface area (Å²) in [6, 6.07) is 32.9. The van der Waals surface area contributed by atoms with Gasteiger partial charge in [0, 0.05) is 53.6 Å². The predicted molar refractivity (Wildman–Crippen MR) is 222 cm³/mol. The normalized spacial score (nSPS) is 13.0. The third-order valence-electron chi connectivity index (χ3n) is 9.77. The van der Waals surface area contributed by atoms with Gasteiger partial charge in [-0.2, -0.15) is 0 Å². The number of aryl methyl sites for hydroxylation is 3. The number of aromatic nitrogens is 6. The van der Waals surface area contributed by atoms with E-state index in [0.717, 1.165) is 49.4 Å². The fraction of sp³-hybridized carbons (Fsp3) is 0.182. The smallest absolute Gasteiger partial charge is 0.349 e. The van der Waals surface area contributed by atoms with Gasteiger partial charge in [-0.15, -0.1) is 11.3 Å². The maximum Gasteiger partial charge on any atom is 0.349 e. The number of nitrogens with one attached hydrogen (secondary N) is 2. The van der Waals surface area contributed by atoms with Gasteiger partial charge in [-0.3, -0.25) is 0 Å². The summed E-state index contributed by atoms with van der Waals surface area (Å²) in [6.07, 6.45) is 0.814. The van der Waals surface area contributed by atoms with Gasteiger partial charge in [-0.25, -0.2) is 29.7 Å². The molecule has 0 bridgehead atoms. The molecule has 0 radical (unpaired) electrons. The second-order valence-corrected chi connectivity index (χ2v) is 14.8. The van der Waals surface area contributed by atoms with E-state index in [1.54, 1.807) is 23.5 Å². The Morgan fingerprint density at radius 3 is 2.05 bits per heavy atom. The zero-order chi connectivity index (χ0) is 38.9. The van der Waals surface area contributed by atoms with Crippen molar-refractivity contribution < 1.29 is 14.6 Å². The van der Waals surface area contributed by atoms with Crippen LogP contribution >= 0.6 is 11.3 Å². The third-order valence-corrected chi connectivity index (χ3v) is 10.6. The Labute approximate surface area is 328 Å². The van der Waals surface area contributed by atoms with Crippen LogP contribution in [0.2, 0.25) is 0 Å². The fourth-order valence-electron chi connectivity index (χ4n) is 6.87. The summed E-state index contributed by atoms with van der Waals surface area (Å²) in [4.78, 5) is 35.7. The molecule has 11 nitrogen and oxygen atoms in total. The minimum absolute atomic E-state index is 0.170. The van der Waals surface area contributed by atoms with Crippen molar-refractivity contribution in [3.63, 3.8) is 0 Å². The zero-order valence-electron chi connectivity index (χ0n) is 31.6. The van der Waals surface area contributed by atoms with Gasteiger partial charge in [0.2, 0.25) is 6.10 Å². The summed E-state index contributed by atoms with van der Waals surface area (Å²) >= 11 is 1.59. The maximum absolute atomic E-state index is 12.7. The quantitative estimate of drug-likeness (QED) is 0.110. The highest BCUT2D eigenvalue weighted by Gasteiger charge is 2.24. The number of ether oxygens (including phenoxy) is 1. The molecular formula is C44H40N8O3S. The molecule has 3 unspecified atom stereocenters. The molecule has 8 rings (SSSR count). The highest BCUT2D eigenvalue weighted by molar-refractivity contribution is 7.16. The van der Waals surface area contributed by atoms with Crippen molar-refractivity contribution in [3.8, 4) is 28.3 Å². The molecule has 280 valence electrons. The highest BCUT2D eigenvalue weighted by Crippen LogP contribution is 2.31. The summed E-state index contributed by atoms with van der Waals surface area (Å²) in [6.45, 7) is 7.79. The lowest BCUT2D eigenvalue weighted by atomic mass is 10.0. The van der Waals surface area contributed by atoms with Crippen LogP contribution in [0, 0.1) is 13.8 Å². The van der Waals surface area contributed by atoms with E-state index in [9.17, 15) is 9.90 Å². The molecule has 0 spiro atoms. The van der Waals surface area contributed by atoms with Gasteiger partial charge in [0.15, 0.2) is 0 Å². The number of carbonyl (C=O) groups is 1. The Morgan fingerprint density at radius 2 is 1.36 bits per heavy atom. The summed E-state index contributed by atoms with van der Waals surface area (Å²) in [7, 11) is 2.03. The molecule has 0 aliphatic carbocycles. The topological polar surface area (TPSA) is 140 Å². The number of hydrogen-bond donors (Lipinski definition) is 3. The van der Waals surface area contributed by atoms with Crippen molar-refractivity contribution in [3.05, 3.63) is 143 Å². The van der Waals surface area contributed by atoms with Gasteiger partial charge in [0.25, 0.3) is 0 Å². The van der Waals surface area contributed by atoms with E-state index in [4.69, 9.17) is 9.72 Å². The molecule has 0 aliphatic heterocycles. The fourth-order valence-corrected chi connectivity index (χ4v) is 7.59. The zero-order valence-corrected chi connectivity index (χ0v) is 32.4. The summed E-state index contributed by atoms with van der Waals surface area (Å²) < 4.78 is 9.38. The van der Waals surface area contributed by atoms with Crippen LogP contribution < -0.4 is 15.4 Å². The second kappa shape index (κ2) is 15.2. The lowest BCUT2D eigenvalue weighted by Crippen LogP contribution is -2.19. The number of hydrogen-bond acceptors (Lipinski definition) is 10. The van der Waals surface area contributed by atoms with Crippen molar-refractivity contribution >= 4 is 50.1 Å². The number of rotatable bonds is 12. The molecule has 3 N–H and O–H groups in total. The molecular weight excluding hydrogens is 721 g/mol. The number of thiazole rings is 1. The van der Waals surface area contributed by atoms with E-state index in [0.29, 0.717) is 34.6 Å². The molecule has 12 heteroatoms. The molecule has 0 amide bonds. The molecule has 0 saturated carbocycles. The first kappa shape index (κ1) is 36.3. The predicted octanol–water partition coefficient (Wildman–Crippen LogP) is 9.87. The van der Waals surface area contributed by atoms with Gasteiger partial charge in [0.1, 0.15) is 29.0 Å². The average molecular weight is 761 g/mol. The monoisotopic (exact) mass is 760 g/mol. The van der Waals surface area contributed by atoms with Crippen LogP contribution in [-0.2, 0) is 11.8 Å². The second-order valence-electron chi connectivity index (χ2n) is 13.9. The average Bonchev–Trinajstić information content (AvgIpc) is 3.82.